The SMILES string of the molecule is COC1=CC=C(O)CC1. The predicted molar refractivity (Wildman–Crippen MR) is 35.0 cm³/mol. The fourth-order valence-electron chi connectivity index (χ4n) is 0.777. The van der Waals surface area contributed by atoms with Crippen molar-refractivity contribution in [2.45, 2.75) is 12.8 Å². The highest BCUT2D eigenvalue weighted by Gasteiger charge is 2.02. The molecule has 0 saturated carbocycles. The van der Waals surface area contributed by atoms with Crippen LogP contribution in [0.3, 0.4) is 0 Å². The van der Waals surface area contributed by atoms with Gasteiger partial charge in [-0.3, -0.25) is 0 Å². The van der Waals surface area contributed by atoms with Crippen LogP contribution in [0.1, 0.15) is 12.8 Å². The first-order valence-corrected chi connectivity index (χ1v) is 2.95. The van der Waals surface area contributed by atoms with Gasteiger partial charge in [0.15, 0.2) is 0 Å². The van der Waals surface area contributed by atoms with Gasteiger partial charge in [0.05, 0.1) is 18.6 Å². The van der Waals surface area contributed by atoms with E-state index in [0.717, 1.165) is 12.2 Å². The summed E-state index contributed by atoms with van der Waals surface area (Å²) in [5.41, 5.74) is 0. The van der Waals surface area contributed by atoms with E-state index in [0.29, 0.717) is 12.2 Å². The van der Waals surface area contributed by atoms with Gasteiger partial charge >= 0.3 is 0 Å². The van der Waals surface area contributed by atoms with E-state index in [1.165, 1.54) is 0 Å². The van der Waals surface area contributed by atoms with Crippen molar-refractivity contribution in [1.29, 1.82) is 0 Å². The van der Waals surface area contributed by atoms with E-state index in [4.69, 9.17) is 9.84 Å². The molecule has 0 bridgehead atoms. The Labute approximate surface area is 54.5 Å². The maximum absolute atomic E-state index is 8.88. The fourth-order valence-corrected chi connectivity index (χ4v) is 0.777. The lowest BCUT2D eigenvalue weighted by Gasteiger charge is -2.08. The molecule has 0 aliphatic heterocycles. The Morgan fingerprint density at radius 3 is 2.67 bits per heavy atom. The largest absolute Gasteiger partial charge is 0.512 e. The van der Waals surface area contributed by atoms with Gasteiger partial charge in [-0.2, -0.15) is 0 Å². The lowest BCUT2D eigenvalue weighted by molar-refractivity contribution is 0.266. The van der Waals surface area contributed by atoms with E-state index < -0.39 is 0 Å². The molecule has 0 fully saturated rings. The maximum Gasteiger partial charge on any atom is 0.0961 e. The summed E-state index contributed by atoms with van der Waals surface area (Å²) in [6.07, 6.45) is 4.99. The van der Waals surface area contributed by atoms with Crippen LogP contribution >= 0.6 is 0 Å². The van der Waals surface area contributed by atoms with E-state index >= 15 is 0 Å². The van der Waals surface area contributed by atoms with Crippen LogP contribution in [-0.4, -0.2) is 12.2 Å². The Balaban J connectivity index is 2.59. The van der Waals surface area contributed by atoms with E-state index in [1.54, 1.807) is 19.3 Å². The predicted octanol–water partition coefficient (Wildman–Crippen LogP) is 1.75. The van der Waals surface area contributed by atoms with Gasteiger partial charge < -0.3 is 9.84 Å². The molecule has 0 aromatic rings. The molecule has 50 valence electrons. The Morgan fingerprint density at radius 1 is 1.44 bits per heavy atom. The van der Waals surface area contributed by atoms with Gasteiger partial charge in [0.25, 0.3) is 0 Å². The average molecular weight is 126 g/mol. The second kappa shape index (κ2) is 2.58. The minimum atomic E-state index is 0.441. The Kier molecular flexibility index (Phi) is 1.78. The first-order valence-electron chi connectivity index (χ1n) is 2.95. The minimum absolute atomic E-state index is 0.441. The van der Waals surface area contributed by atoms with Gasteiger partial charge in [-0.05, 0) is 12.2 Å². The van der Waals surface area contributed by atoms with Gasteiger partial charge in [0.1, 0.15) is 0 Å². The topological polar surface area (TPSA) is 29.5 Å². The number of hydrogen-bond donors (Lipinski definition) is 1. The van der Waals surface area contributed by atoms with Crippen LogP contribution in [0.25, 0.3) is 0 Å². The van der Waals surface area contributed by atoms with Crippen molar-refractivity contribution in [3.05, 3.63) is 23.7 Å². The molecule has 0 aromatic carbocycles. The Hall–Kier alpha value is -0.920. The summed E-state index contributed by atoms with van der Waals surface area (Å²) in [5, 5.41) is 8.88. The van der Waals surface area contributed by atoms with Crippen LogP contribution in [0.15, 0.2) is 23.7 Å². The van der Waals surface area contributed by atoms with Gasteiger partial charge in [-0.25, -0.2) is 0 Å². The third-order valence-electron chi connectivity index (χ3n) is 1.35. The number of aliphatic hydroxyl groups excluding tert-OH is 1. The number of hydrogen-bond acceptors (Lipinski definition) is 2. The van der Waals surface area contributed by atoms with Crippen molar-refractivity contribution in [3.63, 3.8) is 0 Å². The quantitative estimate of drug-likeness (QED) is 0.580. The molecule has 2 heteroatoms. The first kappa shape index (κ1) is 6.20. The monoisotopic (exact) mass is 126 g/mol. The zero-order valence-corrected chi connectivity index (χ0v) is 5.42. The Morgan fingerprint density at radius 2 is 2.22 bits per heavy atom. The van der Waals surface area contributed by atoms with Crippen LogP contribution in [0, 0.1) is 0 Å². The van der Waals surface area contributed by atoms with E-state index in [-0.39, 0.29) is 0 Å². The molecule has 0 radical (unpaired) electrons. The highest BCUT2D eigenvalue weighted by molar-refractivity contribution is 5.16. The van der Waals surface area contributed by atoms with Crippen molar-refractivity contribution in [2.75, 3.05) is 7.11 Å². The van der Waals surface area contributed by atoms with E-state index in [1.807, 2.05) is 0 Å². The van der Waals surface area contributed by atoms with Crippen LogP contribution in [-0.2, 0) is 4.74 Å². The van der Waals surface area contributed by atoms with Crippen molar-refractivity contribution in [1.82, 2.24) is 0 Å². The maximum atomic E-state index is 8.88. The molecule has 1 aliphatic carbocycles. The molecule has 0 atom stereocenters. The molecular weight excluding hydrogens is 116 g/mol. The summed E-state index contributed by atoms with van der Waals surface area (Å²) in [5.74, 6) is 1.38. The van der Waals surface area contributed by atoms with Gasteiger partial charge in [-0.15, -0.1) is 0 Å². The minimum Gasteiger partial charge on any atom is -0.512 e. The second-order valence-corrected chi connectivity index (χ2v) is 2.00. The number of allylic oxidation sites excluding steroid dienone is 4. The smallest absolute Gasteiger partial charge is 0.0961 e. The Bertz CT molecular complexity index is 156. The van der Waals surface area contributed by atoms with Crippen LogP contribution in [0.5, 0.6) is 0 Å². The zero-order chi connectivity index (χ0) is 6.69. The third kappa shape index (κ3) is 1.49. The molecule has 1 aliphatic rings. The average Bonchev–Trinajstić information content (AvgIpc) is 1.90. The zero-order valence-electron chi connectivity index (χ0n) is 5.42. The molecule has 0 saturated heterocycles. The van der Waals surface area contributed by atoms with Crippen molar-refractivity contribution in [2.24, 2.45) is 0 Å². The standard InChI is InChI=1S/C7H10O2/c1-9-7-4-2-6(8)3-5-7/h2,4,8H,3,5H2,1H3. The van der Waals surface area contributed by atoms with Crippen molar-refractivity contribution < 1.29 is 9.84 Å². The summed E-state index contributed by atoms with van der Waals surface area (Å²) in [7, 11) is 1.64. The van der Waals surface area contributed by atoms with Crippen LogP contribution in [0.2, 0.25) is 0 Å². The highest BCUT2D eigenvalue weighted by atomic mass is 16.5. The van der Waals surface area contributed by atoms with Crippen molar-refractivity contribution >= 4 is 0 Å². The summed E-state index contributed by atoms with van der Waals surface area (Å²) < 4.78 is 4.94. The lowest BCUT2D eigenvalue weighted by Crippen LogP contribution is -1.93. The van der Waals surface area contributed by atoms with Gasteiger partial charge in [-0.1, -0.05) is 0 Å². The molecule has 0 unspecified atom stereocenters. The summed E-state index contributed by atoms with van der Waals surface area (Å²) in [6.45, 7) is 0. The van der Waals surface area contributed by atoms with Crippen LogP contribution < -0.4 is 0 Å². The fraction of sp³-hybridized carbons (Fsp3) is 0.429. The van der Waals surface area contributed by atoms with Gasteiger partial charge in [0, 0.05) is 12.8 Å². The molecule has 1 N–H and O–H groups in total. The van der Waals surface area contributed by atoms with E-state index in [2.05, 4.69) is 0 Å². The number of ether oxygens (including phenoxy) is 1. The number of aliphatic hydroxyl groups is 1. The summed E-state index contributed by atoms with van der Waals surface area (Å²) in [4.78, 5) is 0. The number of rotatable bonds is 1. The molecule has 2 nitrogen and oxygen atoms in total. The molecule has 9 heavy (non-hydrogen) atoms. The molecule has 1 rings (SSSR count). The van der Waals surface area contributed by atoms with Crippen molar-refractivity contribution in [3.8, 4) is 0 Å². The third-order valence-corrected chi connectivity index (χ3v) is 1.35. The first-order chi connectivity index (χ1) is 4.33. The molecular formula is C7H10O2. The second-order valence-electron chi connectivity index (χ2n) is 2.00. The summed E-state index contributed by atoms with van der Waals surface area (Å²) in [6, 6.07) is 0. The lowest BCUT2D eigenvalue weighted by atomic mass is 10.1. The molecule has 0 aromatic heterocycles. The molecule has 0 heterocycles. The van der Waals surface area contributed by atoms with Gasteiger partial charge in [0.2, 0.25) is 0 Å². The highest BCUT2D eigenvalue weighted by Crippen LogP contribution is 2.15. The van der Waals surface area contributed by atoms with Crippen LogP contribution in [0.4, 0.5) is 0 Å². The molecule has 0 spiro atoms. The normalized spacial score (nSPS) is 18.3. The van der Waals surface area contributed by atoms with E-state index in [9.17, 15) is 0 Å². The molecule has 0 amide bonds. The number of methoxy groups -OCH3 is 1. The summed E-state index contributed by atoms with van der Waals surface area (Å²) >= 11 is 0.